The van der Waals surface area contributed by atoms with Crippen molar-refractivity contribution in [3.63, 3.8) is 0 Å². The van der Waals surface area contributed by atoms with Crippen molar-refractivity contribution in [1.82, 2.24) is 0 Å². The normalized spacial score (nSPS) is 10.6. The van der Waals surface area contributed by atoms with Crippen LogP contribution < -0.4 is 0 Å². The molecule has 0 atom stereocenters. The molecule has 0 unspecified atom stereocenters. The molecule has 0 heterocycles. The molecule has 0 saturated heterocycles. The first kappa shape index (κ1) is 13.7. The second kappa shape index (κ2) is 5.81. The highest BCUT2D eigenvalue weighted by molar-refractivity contribution is 6.84. The molecular weight excluding hydrogens is 228 g/mol. The van der Waals surface area contributed by atoms with E-state index in [1.165, 1.54) is 0 Å². The van der Waals surface area contributed by atoms with E-state index in [1.807, 2.05) is 12.1 Å². The Morgan fingerprint density at radius 2 is 1.82 bits per heavy atom. The predicted molar refractivity (Wildman–Crippen MR) is 72.6 cm³/mol. The maximum Gasteiger partial charge on any atom is 0.235 e. The second-order valence-electron chi connectivity index (χ2n) is 4.96. The van der Waals surface area contributed by atoms with Crippen LogP contribution in [0.15, 0.2) is 24.3 Å². The highest BCUT2D eigenvalue weighted by atomic mass is 28.3. The summed E-state index contributed by atoms with van der Waals surface area (Å²) in [4.78, 5) is 11.8. The largest absolute Gasteiger partial charge is 0.380 e. The minimum Gasteiger partial charge on any atom is -0.380 e. The fourth-order valence-corrected chi connectivity index (χ4v) is 1.72. The lowest BCUT2D eigenvalue weighted by Crippen LogP contribution is -2.17. The molecule has 0 amide bonds. The molecule has 1 rings (SSSR count). The number of rotatable bonds is 3. The Bertz CT molecular complexity index is 444. The monoisotopic (exact) mass is 246 g/mol. The van der Waals surface area contributed by atoms with Crippen molar-refractivity contribution in [2.75, 3.05) is 7.11 Å². The quantitative estimate of drug-likeness (QED) is 0.466. The van der Waals surface area contributed by atoms with Crippen LogP contribution in [0.3, 0.4) is 0 Å². The van der Waals surface area contributed by atoms with E-state index in [0.29, 0.717) is 12.2 Å². The van der Waals surface area contributed by atoms with Gasteiger partial charge in [0.25, 0.3) is 0 Å². The first-order valence-corrected chi connectivity index (χ1v) is 9.08. The van der Waals surface area contributed by atoms with Gasteiger partial charge in [0.15, 0.2) is 0 Å². The highest BCUT2D eigenvalue weighted by Gasteiger charge is 2.09. The average molecular weight is 246 g/mol. The summed E-state index contributed by atoms with van der Waals surface area (Å²) < 4.78 is 5.01. The van der Waals surface area contributed by atoms with Gasteiger partial charge >= 0.3 is 0 Å². The first-order chi connectivity index (χ1) is 7.92. The van der Waals surface area contributed by atoms with Crippen molar-refractivity contribution in [2.45, 2.75) is 26.2 Å². The first-order valence-electron chi connectivity index (χ1n) is 5.58. The van der Waals surface area contributed by atoms with E-state index in [9.17, 15) is 4.79 Å². The maximum absolute atomic E-state index is 11.8. The van der Waals surface area contributed by atoms with E-state index in [4.69, 9.17) is 4.74 Å². The Morgan fingerprint density at radius 1 is 1.24 bits per heavy atom. The van der Waals surface area contributed by atoms with Gasteiger partial charge < -0.3 is 4.74 Å². The Balaban J connectivity index is 2.79. The fraction of sp³-hybridized carbons (Fsp3) is 0.357. The van der Waals surface area contributed by atoms with Crippen LogP contribution in [0.4, 0.5) is 0 Å². The molecule has 0 fully saturated rings. The van der Waals surface area contributed by atoms with Gasteiger partial charge in [0.05, 0.1) is 6.61 Å². The summed E-state index contributed by atoms with van der Waals surface area (Å²) in [6.45, 7) is 6.92. The number of hydrogen-bond acceptors (Lipinski definition) is 2. The summed E-state index contributed by atoms with van der Waals surface area (Å²) in [6.07, 6.45) is 0. The Morgan fingerprint density at radius 3 is 2.29 bits per heavy atom. The molecule has 0 saturated carbocycles. The predicted octanol–water partition coefficient (Wildman–Crippen LogP) is 2.90. The van der Waals surface area contributed by atoms with E-state index < -0.39 is 8.07 Å². The highest BCUT2D eigenvalue weighted by Crippen LogP contribution is 2.06. The SMILES string of the molecule is COCc1ccc(C(=O)C#C[Si](C)(C)C)cc1. The van der Waals surface area contributed by atoms with Crippen LogP contribution in [0.2, 0.25) is 19.6 Å². The molecule has 1 aromatic carbocycles. The third kappa shape index (κ3) is 4.99. The number of hydrogen-bond donors (Lipinski definition) is 0. The van der Waals surface area contributed by atoms with Crippen LogP contribution >= 0.6 is 0 Å². The number of carbonyl (C=O) groups is 1. The maximum atomic E-state index is 11.8. The number of Topliss-reactive ketones (excluding diaryl/α,β-unsaturated/α-hetero) is 1. The van der Waals surface area contributed by atoms with Crippen LogP contribution in [0, 0.1) is 11.5 Å². The van der Waals surface area contributed by atoms with Gasteiger partial charge in [-0.1, -0.05) is 43.9 Å². The average Bonchev–Trinajstić information content (AvgIpc) is 2.26. The zero-order valence-electron chi connectivity index (χ0n) is 10.8. The molecule has 2 nitrogen and oxygen atoms in total. The number of ketones is 1. The number of benzene rings is 1. The van der Waals surface area contributed by atoms with Gasteiger partial charge in [-0.25, -0.2) is 0 Å². The number of methoxy groups -OCH3 is 1. The van der Waals surface area contributed by atoms with Crippen LogP contribution in [-0.2, 0) is 11.3 Å². The zero-order valence-corrected chi connectivity index (χ0v) is 11.8. The van der Waals surface area contributed by atoms with Gasteiger partial charge in [-0.3, -0.25) is 4.79 Å². The molecule has 17 heavy (non-hydrogen) atoms. The molecule has 0 aliphatic heterocycles. The van der Waals surface area contributed by atoms with Crippen LogP contribution in [0.5, 0.6) is 0 Å². The minimum absolute atomic E-state index is 0.101. The standard InChI is InChI=1S/C14H18O2Si/c1-16-11-12-5-7-13(8-6-12)14(15)9-10-17(2,3)4/h5-8H,11H2,1-4H3. The summed E-state index contributed by atoms with van der Waals surface area (Å²) >= 11 is 0. The van der Waals surface area contributed by atoms with E-state index in [1.54, 1.807) is 19.2 Å². The molecule has 0 bridgehead atoms. The summed E-state index contributed by atoms with van der Waals surface area (Å²) in [5.41, 5.74) is 4.78. The fourth-order valence-electron chi connectivity index (χ4n) is 1.24. The van der Waals surface area contributed by atoms with Crippen molar-refractivity contribution in [3.05, 3.63) is 35.4 Å². The molecular formula is C14H18O2Si. The van der Waals surface area contributed by atoms with E-state index in [0.717, 1.165) is 5.56 Å². The molecule has 0 N–H and O–H groups in total. The molecule has 1 aromatic rings. The minimum atomic E-state index is -1.48. The lowest BCUT2D eigenvalue weighted by Gasteiger charge is -2.03. The third-order valence-corrected chi connectivity index (χ3v) is 2.95. The zero-order chi connectivity index (χ0) is 12.9. The molecule has 0 aliphatic carbocycles. The van der Waals surface area contributed by atoms with Gasteiger partial charge in [0.2, 0.25) is 5.78 Å². The lowest BCUT2D eigenvalue weighted by atomic mass is 10.1. The Labute approximate surface area is 104 Å². The summed E-state index contributed by atoms with van der Waals surface area (Å²) in [5.74, 6) is 2.63. The topological polar surface area (TPSA) is 26.3 Å². The molecule has 0 spiro atoms. The van der Waals surface area contributed by atoms with Crippen molar-refractivity contribution in [2.24, 2.45) is 0 Å². The van der Waals surface area contributed by atoms with Gasteiger partial charge in [-0.15, -0.1) is 5.54 Å². The number of ether oxygens (including phenoxy) is 1. The van der Waals surface area contributed by atoms with Crippen molar-refractivity contribution < 1.29 is 9.53 Å². The van der Waals surface area contributed by atoms with E-state index in [2.05, 4.69) is 31.1 Å². The van der Waals surface area contributed by atoms with Gasteiger partial charge in [-0.05, 0) is 11.5 Å². The van der Waals surface area contributed by atoms with E-state index >= 15 is 0 Å². The van der Waals surface area contributed by atoms with Crippen molar-refractivity contribution in [3.8, 4) is 11.5 Å². The number of carbonyl (C=O) groups excluding carboxylic acids is 1. The summed E-state index contributed by atoms with van der Waals surface area (Å²) in [5, 5.41) is 0. The Hall–Kier alpha value is -1.37. The molecule has 0 aromatic heterocycles. The molecule has 0 aliphatic rings. The van der Waals surface area contributed by atoms with Crippen LogP contribution in [0.25, 0.3) is 0 Å². The molecule has 3 heteroatoms. The van der Waals surface area contributed by atoms with Crippen LogP contribution in [-0.4, -0.2) is 21.0 Å². The van der Waals surface area contributed by atoms with Crippen LogP contribution in [0.1, 0.15) is 15.9 Å². The molecule has 0 radical (unpaired) electrons. The Kier molecular flexibility index (Phi) is 4.68. The van der Waals surface area contributed by atoms with Crippen molar-refractivity contribution >= 4 is 13.9 Å². The summed E-state index contributed by atoms with van der Waals surface area (Å²) in [6, 6.07) is 7.39. The van der Waals surface area contributed by atoms with Gasteiger partial charge in [0.1, 0.15) is 8.07 Å². The van der Waals surface area contributed by atoms with Gasteiger partial charge in [0, 0.05) is 12.7 Å². The second-order valence-corrected chi connectivity index (χ2v) is 9.71. The van der Waals surface area contributed by atoms with E-state index in [-0.39, 0.29) is 5.78 Å². The lowest BCUT2D eigenvalue weighted by molar-refractivity contribution is 0.105. The summed E-state index contributed by atoms with van der Waals surface area (Å²) in [7, 11) is 0.173. The van der Waals surface area contributed by atoms with Crippen molar-refractivity contribution in [1.29, 1.82) is 0 Å². The third-order valence-electron chi connectivity index (χ3n) is 2.08. The molecule has 90 valence electrons. The smallest absolute Gasteiger partial charge is 0.235 e. The van der Waals surface area contributed by atoms with Gasteiger partial charge in [-0.2, -0.15) is 0 Å².